The Morgan fingerprint density at radius 2 is 2.25 bits per heavy atom. The number of pyridine rings is 1. The summed E-state index contributed by atoms with van der Waals surface area (Å²) in [5.41, 5.74) is 0. The van der Waals surface area contributed by atoms with Crippen molar-refractivity contribution >= 4 is 11.6 Å². The molecule has 1 rings (SSSR count). The van der Waals surface area contributed by atoms with Crippen LogP contribution >= 0.6 is 11.6 Å². The van der Waals surface area contributed by atoms with E-state index in [9.17, 15) is 4.39 Å². The summed E-state index contributed by atoms with van der Waals surface area (Å²) in [5.74, 6) is -0.311. The fourth-order valence-corrected chi connectivity index (χ4v) is 0.897. The molecular weight excluding hydrogens is 200 g/mol. The van der Waals surface area contributed by atoms with Crippen molar-refractivity contribution in [3.8, 4) is 0 Å². The maximum atomic E-state index is 12.8. The molecule has 0 bridgehead atoms. The Balaban J connectivity index is 0.00000121. The second-order valence-electron chi connectivity index (χ2n) is 2.17. The molecule has 0 saturated carbocycles. The standard InChI is InChI=1S/C8H8ClFN.ClH/c1-7(9)6-11-5-3-2-4-8(11)10;/h2-5H,1,6H2;1H/q+1;/p-1. The van der Waals surface area contributed by atoms with Crippen molar-refractivity contribution in [2.45, 2.75) is 6.54 Å². The Morgan fingerprint density at radius 1 is 1.58 bits per heavy atom. The molecule has 0 unspecified atom stereocenters. The molecule has 12 heavy (non-hydrogen) atoms. The van der Waals surface area contributed by atoms with Crippen molar-refractivity contribution in [2.24, 2.45) is 0 Å². The number of halogens is 3. The van der Waals surface area contributed by atoms with Crippen LogP contribution in [0.4, 0.5) is 4.39 Å². The van der Waals surface area contributed by atoms with Crippen LogP contribution in [0.1, 0.15) is 0 Å². The third-order valence-corrected chi connectivity index (χ3v) is 1.35. The third-order valence-electron chi connectivity index (χ3n) is 1.23. The van der Waals surface area contributed by atoms with E-state index >= 15 is 0 Å². The minimum Gasteiger partial charge on any atom is -1.00 e. The van der Waals surface area contributed by atoms with E-state index in [2.05, 4.69) is 6.58 Å². The summed E-state index contributed by atoms with van der Waals surface area (Å²) < 4.78 is 14.2. The van der Waals surface area contributed by atoms with Crippen LogP contribution in [0.3, 0.4) is 0 Å². The third kappa shape index (κ3) is 3.20. The van der Waals surface area contributed by atoms with Gasteiger partial charge in [0.1, 0.15) is 0 Å². The van der Waals surface area contributed by atoms with Gasteiger partial charge in [-0.3, -0.25) is 0 Å². The lowest BCUT2D eigenvalue weighted by atomic mass is 10.4. The van der Waals surface area contributed by atoms with Gasteiger partial charge in [-0.15, -0.1) is 4.39 Å². The molecular formula is C8H8Cl2FN. The fourth-order valence-electron chi connectivity index (χ4n) is 0.769. The average Bonchev–Trinajstić information content (AvgIpc) is 1.93. The van der Waals surface area contributed by atoms with Crippen LogP contribution < -0.4 is 17.0 Å². The lowest BCUT2D eigenvalue weighted by Crippen LogP contribution is -3.00. The first-order valence-electron chi connectivity index (χ1n) is 3.17. The first-order chi connectivity index (χ1) is 5.20. The Hall–Kier alpha value is -0.600. The highest BCUT2D eigenvalue weighted by Gasteiger charge is 2.07. The van der Waals surface area contributed by atoms with Crippen LogP contribution in [0, 0.1) is 5.95 Å². The first kappa shape index (κ1) is 11.4. The molecule has 0 amide bonds. The van der Waals surface area contributed by atoms with E-state index in [0.29, 0.717) is 11.6 Å². The van der Waals surface area contributed by atoms with Crippen molar-refractivity contribution in [1.29, 1.82) is 0 Å². The highest BCUT2D eigenvalue weighted by Crippen LogP contribution is 1.96. The summed E-state index contributed by atoms with van der Waals surface area (Å²) in [4.78, 5) is 0. The van der Waals surface area contributed by atoms with Crippen molar-refractivity contribution < 1.29 is 21.4 Å². The van der Waals surface area contributed by atoms with Gasteiger partial charge >= 0.3 is 5.95 Å². The molecule has 1 nitrogen and oxygen atoms in total. The van der Waals surface area contributed by atoms with E-state index in [1.54, 1.807) is 18.3 Å². The van der Waals surface area contributed by atoms with E-state index in [1.165, 1.54) is 10.6 Å². The highest BCUT2D eigenvalue weighted by molar-refractivity contribution is 6.29. The largest absolute Gasteiger partial charge is 1.00 e. The molecule has 0 spiro atoms. The van der Waals surface area contributed by atoms with Crippen molar-refractivity contribution in [3.63, 3.8) is 0 Å². The highest BCUT2D eigenvalue weighted by atomic mass is 35.5. The smallest absolute Gasteiger partial charge is 0.359 e. The second-order valence-corrected chi connectivity index (χ2v) is 2.70. The summed E-state index contributed by atoms with van der Waals surface area (Å²) in [7, 11) is 0. The van der Waals surface area contributed by atoms with Crippen LogP contribution in [0.25, 0.3) is 0 Å². The molecule has 1 heterocycles. The molecule has 1 aromatic heterocycles. The zero-order chi connectivity index (χ0) is 8.27. The zero-order valence-electron chi connectivity index (χ0n) is 6.30. The van der Waals surface area contributed by atoms with Gasteiger partial charge in [-0.05, 0) is 6.07 Å². The maximum absolute atomic E-state index is 12.8. The van der Waals surface area contributed by atoms with E-state index < -0.39 is 0 Å². The molecule has 0 saturated heterocycles. The summed E-state index contributed by atoms with van der Waals surface area (Å²) in [6.45, 7) is 3.78. The number of nitrogens with zero attached hydrogens (tertiary/aromatic N) is 1. The number of rotatable bonds is 2. The quantitative estimate of drug-likeness (QED) is 0.427. The first-order valence-corrected chi connectivity index (χ1v) is 3.55. The van der Waals surface area contributed by atoms with Crippen LogP contribution in [0.15, 0.2) is 36.0 Å². The Bertz CT molecular complexity index is 276. The normalized spacial score (nSPS) is 8.83. The second kappa shape index (κ2) is 5.12. The van der Waals surface area contributed by atoms with Gasteiger partial charge in [0.2, 0.25) is 0 Å². The lowest BCUT2D eigenvalue weighted by Gasteiger charge is -1.93. The van der Waals surface area contributed by atoms with E-state index in [4.69, 9.17) is 11.6 Å². The number of hydrogen-bond acceptors (Lipinski definition) is 0. The van der Waals surface area contributed by atoms with Crippen LogP contribution in [-0.2, 0) is 6.54 Å². The van der Waals surface area contributed by atoms with Crippen LogP contribution in [-0.4, -0.2) is 0 Å². The maximum Gasteiger partial charge on any atom is 0.359 e. The Kier molecular flexibility index (Phi) is 4.86. The molecule has 0 atom stereocenters. The van der Waals surface area contributed by atoms with Gasteiger partial charge in [-0.2, -0.15) is 4.57 Å². The average molecular weight is 208 g/mol. The molecule has 0 aliphatic heterocycles. The van der Waals surface area contributed by atoms with Gasteiger partial charge in [-0.1, -0.05) is 18.2 Å². The number of allylic oxidation sites excluding steroid dienone is 1. The summed E-state index contributed by atoms with van der Waals surface area (Å²) in [5, 5.41) is 0.417. The van der Waals surface area contributed by atoms with Crippen molar-refractivity contribution in [1.82, 2.24) is 0 Å². The van der Waals surface area contributed by atoms with Crippen molar-refractivity contribution in [2.75, 3.05) is 0 Å². The predicted octanol–water partition coefficient (Wildman–Crippen LogP) is -1.13. The predicted molar refractivity (Wildman–Crippen MR) is 41.6 cm³/mol. The fraction of sp³-hybridized carbons (Fsp3) is 0.125. The van der Waals surface area contributed by atoms with Gasteiger partial charge in [0.25, 0.3) is 0 Å². The molecule has 0 aliphatic carbocycles. The van der Waals surface area contributed by atoms with Gasteiger partial charge in [-0.25, -0.2) is 0 Å². The summed E-state index contributed by atoms with van der Waals surface area (Å²) in [6.07, 6.45) is 1.61. The number of aromatic nitrogens is 1. The molecule has 0 N–H and O–H groups in total. The minimum atomic E-state index is -0.311. The van der Waals surface area contributed by atoms with Gasteiger partial charge in [0, 0.05) is 12.1 Å². The van der Waals surface area contributed by atoms with Gasteiger partial charge in [0.15, 0.2) is 12.7 Å². The van der Waals surface area contributed by atoms with Crippen LogP contribution in [0.2, 0.25) is 0 Å². The molecule has 66 valence electrons. The van der Waals surface area contributed by atoms with Crippen molar-refractivity contribution in [3.05, 3.63) is 42.0 Å². The molecule has 0 radical (unpaired) electrons. The summed E-state index contributed by atoms with van der Waals surface area (Å²) in [6, 6.07) is 4.74. The van der Waals surface area contributed by atoms with E-state index in [0.717, 1.165) is 0 Å². The van der Waals surface area contributed by atoms with E-state index in [1.807, 2.05) is 0 Å². The molecule has 0 fully saturated rings. The SMILES string of the molecule is C=C(Cl)C[n+]1ccccc1F.[Cl-]. The molecule has 0 aliphatic rings. The molecule has 4 heteroatoms. The molecule has 1 aromatic rings. The zero-order valence-corrected chi connectivity index (χ0v) is 7.82. The summed E-state index contributed by atoms with van der Waals surface area (Å²) >= 11 is 5.50. The van der Waals surface area contributed by atoms with Gasteiger partial charge < -0.3 is 12.4 Å². The minimum absolute atomic E-state index is 0. The lowest BCUT2D eigenvalue weighted by molar-refractivity contribution is -0.715. The van der Waals surface area contributed by atoms with E-state index in [-0.39, 0.29) is 18.4 Å². The monoisotopic (exact) mass is 207 g/mol. The molecule has 0 aromatic carbocycles. The number of hydrogen-bond donors (Lipinski definition) is 0. The Morgan fingerprint density at radius 3 is 2.75 bits per heavy atom. The van der Waals surface area contributed by atoms with Gasteiger partial charge in [0.05, 0.1) is 5.03 Å². The van der Waals surface area contributed by atoms with Crippen LogP contribution in [0.5, 0.6) is 0 Å². The topological polar surface area (TPSA) is 3.88 Å². The Labute approximate surface area is 81.9 Å².